The highest BCUT2D eigenvalue weighted by Crippen LogP contribution is 2.64. The van der Waals surface area contributed by atoms with Crippen LogP contribution in [0.1, 0.15) is 22.3 Å². The summed E-state index contributed by atoms with van der Waals surface area (Å²) in [5.74, 6) is 0. The van der Waals surface area contributed by atoms with Crippen molar-refractivity contribution in [2.24, 2.45) is 0 Å². The number of rotatable bonds is 3. The number of benzene rings is 9. The second-order valence-corrected chi connectivity index (χ2v) is 15.7. The van der Waals surface area contributed by atoms with Crippen molar-refractivity contribution in [1.29, 1.82) is 0 Å². The molecule has 1 aliphatic heterocycles. The molecule has 58 heavy (non-hydrogen) atoms. The van der Waals surface area contributed by atoms with Crippen LogP contribution in [0.2, 0.25) is 0 Å². The van der Waals surface area contributed by atoms with Crippen molar-refractivity contribution in [3.05, 3.63) is 235 Å². The van der Waals surface area contributed by atoms with Gasteiger partial charge in [0.1, 0.15) is 0 Å². The van der Waals surface area contributed by atoms with E-state index in [1.54, 1.807) is 0 Å². The summed E-state index contributed by atoms with van der Waals surface area (Å²) in [6, 6.07) is 78.7. The van der Waals surface area contributed by atoms with Crippen molar-refractivity contribution in [3.63, 3.8) is 0 Å². The Morgan fingerprint density at radius 3 is 1.07 bits per heavy atom. The Bertz CT molecular complexity index is 3160. The Morgan fingerprint density at radius 1 is 0.276 bits per heavy atom. The molecule has 2 aliphatic rings. The van der Waals surface area contributed by atoms with E-state index in [2.05, 4.69) is 226 Å². The lowest BCUT2D eigenvalue weighted by molar-refractivity contribution is 0.751. The van der Waals surface area contributed by atoms with Crippen LogP contribution in [0.3, 0.4) is 0 Å². The lowest BCUT2D eigenvalue weighted by Crippen LogP contribution is -2.36. The zero-order valence-electron chi connectivity index (χ0n) is 31.5. The number of aromatic nitrogens is 2. The fourth-order valence-corrected chi connectivity index (χ4v) is 10.7. The number of hydrogen-bond donors (Lipinski definition) is 0. The summed E-state index contributed by atoms with van der Waals surface area (Å²) in [4.78, 5) is 2.46. The van der Waals surface area contributed by atoms with Crippen molar-refractivity contribution in [2.45, 2.75) is 5.41 Å². The minimum Gasteiger partial charge on any atom is -0.310 e. The highest BCUT2D eigenvalue weighted by atomic mass is 15.2. The third kappa shape index (κ3) is 4.02. The third-order valence-corrected chi connectivity index (χ3v) is 12.9. The molecule has 1 aliphatic carbocycles. The quantitative estimate of drug-likeness (QED) is 0.176. The van der Waals surface area contributed by atoms with Gasteiger partial charge in [0.15, 0.2) is 0 Å². The van der Waals surface area contributed by atoms with Gasteiger partial charge in [0, 0.05) is 38.6 Å². The van der Waals surface area contributed by atoms with Crippen molar-refractivity contribution >= 4 is 60.7 Å². The van der Waals surface area contributed by atoms with Gasteiger partial charge in [-0.3, -0.25) is 0 Å². The molecule has 0 saturated carbocycles. The SMILES string of the molecule is c1ccc(N2c3ccccc3C3(c4cc(-n5c6ccccc6c6ccccc65)ccc4-c4ccc(-n5c6ccccc6c6ccccc65)cc43)c3ccccc32)cc1. The first-order valence-electron chi connectivity index (χ1n) is 20.1. The minimum atomic E-state index is -0.618. The van der Waals surface area contributed by atoms with Crippen LogP contribution in [0.4, 0.5) is 17.1 Å². The second kappa shape index (κ2) is 11.7. The lowest BCUT2D eigenvalue weighted by Gasteiger charge is -2.45. The van der Waals surface area contributed by atoms with Gasteiger partial charge in [0.25, 0.3) is 0 Å². The van der Waals surface area contributed by atoms with E-state index in [0.29, 0.717) is 0 Å². The molecule has 3 heteroatoms. The summed E-state index contributed by atoms with van der Waals surface area (Å²) in [6.07, 6.45) is 0. The molecule has 0 unspecified atom stereocenters. The van der Waals surface area contributed by atoms with Crippen LogP contribution in [-0.2, 0) is 5.41 Å². The molecule has 3 nitrogen and oxygen atoms in total. The van der Waals surface area contributed by atoms with E-state index < -0.39 is 5.41 Å². The van der Waals surface area contributed by atoms with E-state index >= 15 is 0 Å². The lowest BCUT2D eigenvalue weighted by atomic mass is 9.64. The third-order valence-electron chi connectivity index (χ3n) is 12.9. The predicted molar refractivity (Wildman–Crippen MR) is 241 cm³/mol. The average Bonchev–Trinajstić information content (AvgIpc) is 3.91. The van der Waals surface area contributed by atoms with Crippen molar-refractivity contribution in [2.75, 3.05) is 4.90 Å². The molecule has 0 atom stereocenters. The predicted octanol–water partition coefficient (Wildman–Crippen LogP) is 14.0. The highest BCUT2D eigenvalue weighted by Gasteiger charge is 2.52. The van der Waals surface area contributed by atoms with Gasteiger partial charge in [-0.05, 0) is 106 Å². The summed E-state index contributed by atoms with van der Waals surface area (Å²) in [5, 5.41) is 5.05. The molecule has 0 N–H and O–H groups in total. The van der Waals surface area contributed by atoms with Crippen LogP contribution in [0.5, 0.6) is 0 Å². The van der Waals surface area contributed by atoms with Gasteiger partial charge in [0.2, 0.25) is 0 Å². The first-order chi connectivity index (χ1) is 28.8. The van der Waals surface area contributed by atoms with Gasteiger partial charge >= 0.3 is 0 Å². The van der Waals surface area contributed by atoms with Crippen molar-refractivity contribution in [3.8, 4) is 22.5 Å². The first kappa shape index (κ1) is 31.6. The summed E-state index contributed by atoms with van der Waals surface area (Å²) >= 11 is 0. The Balaban J connectivity index is 1.16. The molecule has 0 amide bonds. The van der Waals surface area contributed by atoms with Gasteiger partial charge in [-0.2, -0.15) is 0 Å². The van der Waals surface area contributed by atoms with Crippen molar-refractivity contribution < 1.29 is 0 Å². The van der Waals surface area contributed by atoms with E-state index in [9.17, 15) is 0 Å². The van der Waals surface area contributed by atoms with Crippen LogP contribution < -0.4 is 4.90 Å². The first-order valence-corrected chi connectivity index (χ1v) is 20.1. The van der Waals surface area contributed by atoms with Gasteiger partial charge in [-0.15, -0.1) is 0 Å². The van der Waals surface area contributed by atoms with E-state index in [4.69, 9.17) is 0 Å². The second-order valence-electron chi connectivity index (χ2n) is 15.7. The topological polar surface area (TPSA) is 13.1 Å². The van der Waals surface area contributed by atoms with E-state index in [1.165, 1.54) is 88.4 Å². The number of fused-ring (bicyclic) bond motifs is 15. The number of hydrogen-bond acceptors (Lipinski definition) is 1. The smallest absolute Gasteiger partial charge is 0.0755 e. The molecule has 11 aromatic rings. The van der Waals surface area contributed by atoms with Crippen LogP contribution >= 0.6 is 0 Å². The fraction of sp³-hybridized carbons (Fsp3) is 0.0182. The molecular weight excluding hydrogens is 703 g/mol. The number of para-hydroxylation sites is 7. The largest absolute Gasteiger partial charge is 0.310 e. The molecule has 1 spiro atoms. The monoisotopic (exact) mass is 737 g/mol. The standard InChI is InChI=1S/C55H35N3/c1-2-16-36(17-3-1)56-53-28-14-8-22-45(53)55(46-23-9-15-29-54(46)56)47-34-37(57-49-24-10-4-18-41(49)42-19-5-11-25-50(42)57)30-32-39(47)40-33-31-38(35-48(40)55)58-51-26-12-6-20-43(51)44-21-7-13-27-52(44)58/h1-35H. The maximum absolute atomic E-state index is 2.50. The summed E-state index contributed by atoms with van der Waals surface area (Å²) in [5.41, 5.74) is 17.8. The Morgan fingerprint density at radius 2 is 0.638 bits per heavy atom. The van der Waals surface area contributed by atoms with Gasteiger partial charge < -0.3 is 14.0 Å². The highest BCUT2D eigenvalue weighted by molar-refractivity contribution is 6.10. The molecular formula is C55H35N3. The zero-order valence-corrected chi connectivity index (χ0v) is 31.5. The molecule has 9 aromatic carbocycles. The van der Waals surface area contributed by atoms with Gasteiger partial charge in [-0.1, -0.05) is 140 Å². The van der Waals surface area contributed by atoms with Gasteiger partial charge in [0.05, 0.1) is 38.9 Å². The van der Waals surface area contributed by atoms with Gasteiger partial charge in [-0.25, -0.2) is 0 Å². The molecule has 270 valence electrons. The van der Waals surface area contributed by atoms with Crippen LogP contribution in [-0.4, -0.2) is 9.13 Å². The zero-order chi connectivity index (χ0) is 38.0. The van der Waals surface area contributed by atoms with E-state index in [0.717, 1.165) is 17.1 Å². The van der Waals surface area contributed by atoms with Crippen LogP contribution in [0.25, 0.3) is 66.1 Å². The maximum atomic E-state index is 2.50. The molecule has 3 heterocycles. The van der Waals surface area contributed by atoms with E-state index in [1.807, 2.05) is 0 Å². The Kier molecular flexibility index (Phi) is 6.37. The summed E-state index contributed by atoms with van der Waals surface area (Å²) in [7, 11) is 0. The molecule has 2 aromatic heterocycles. The summed E-state index contributed by atoms with van der Waals surface area (Å²) in [6.45, 7) is 0. The maximum Gasteiger partial charge on any atom is 0.0755 e. The molecule has 0 radical (unpaired) electrons. The Labute approximate surface area is 335 Å². The average molecular weight is 738 g/mol. The molecule has 13 rings (SSSR count). The van der Waals surface area contributed by atoms with E-state index in [-0.39, 0.29) is 0 Å². The molecule has 0 saturated heterocycles. The normalized spacial score (nSPS) is 13.6. The minimum absolute atomic E-state index is 0.618. The van der Waals surface area contributed by atoms with Crippen molar-refractivity contribution in [1.82, 2.24) is 9.13 Å². The number of nitrogens with zero attached hydrogens (tertiary/aromatic N) is 3. The molecule has 0 fully saturated rings. The van der Waals surface area contributed by atoms with Crippen LogP contribution in [0, 0.1) is 0 Å². The number of anilines is 3. The van der Waals surface area contributed by atoms with Crippen LogP contribution in [0.15, 0.2) is 212 Å². The fourth-order valence-electron chi connectivity index (χ4n) is 10.7. The Hall–Kier alpha value is -7.62. The molecule has 0 bridgehead atoms. The summed E-state index contributed by atoms with van der Waals surface area (Å²) < 4.78 is 4.92.